The first kappa shape index (κ1) is 24.3. The summed E-state index contributed by atoms with van der Waals surface area (Å²) in [6, 6.07) is 15.2. The Balaban J connectivity index is 1.53. The third-order valence-corrected chi connectivity index (χ3v) is 5.11. The van der Waals surface area contributed by atoms with Gasteiger partial charge in [0.05, 0.1) is 37.3 Å². The molecule has 0 spiro atoms. The third kappa shape index (κ3) is 5.30. The lowest BCUT2D eigenvalue weighted by atomic mass is 10.2. The van der Waals surface area contributed by atoms with Crippen LogP contribution >= 0.6 is 0 Å². The van der Waals surface area contributed by atoms with Gasteiger partial charge in [0.15, 0.2) is 0 Å². The number of ether oxygens (including phenoxy) is 5. The maximum Gasteiger partial charge on any atom is 0.343 e. The van der Waals surface area contributed by atoms with Crippen molar-refractivity contribution >= 4 is 22.9 Å². The highest BCUT2D eigenvalue weighted by Crippen LogP contribution is 2.27. The Morgan fingerprint density at radius 3 is 2.08 bits per heavy atom. The molecule has 0 bridgehead atoms. The van der Waals surface area contributed by atoms with Crippen molar-refractivity contribution in [2.24, 2.45) is 0 Å². The average Bonchev–Trinajstić information content (AvgIpc) is 2.90. The lowest BCUT2D eigenvalue weighted by Crippen LogP contribution is -2.10. The van der Waals surface area contributed by atoms with Gasteiger partial charge in [-0.05, 0) is 55.5 Å². The molecular formula is C27H22O9. The highest BCUT2D eigenvalue weighted by molar-refractivity contribution is 5.92. The van der Waals surface area contributed by atoms with E-state index in [0.29, 0.717) is 22.8 Å². The van der Waals surface area contributed by atoms with E-state index in [4.69, 9.17) is 28.1 Å². The smallest absolute Gasteiger partial charge is 0.343 e. The highest BCUT2D eigenvalue weighted by Gasteiger charge is 2.15. The van der Waals surface area contributed by atoms with Crippen LogP contribution in [0.3, 0.4) is 0 Å². The van der Waals surface area contributed by atoms with Crippen molar-refractivity contribution in [3.8, 4) is 28.7 Å². The van der Waals surface area contributed by atoms with Crippen LogP contribution in [0.15, 0.2) is 76.1 Å². The summed E-state index contributed by atoms with van der Waals surface area (Å²) >= 11 is 0. The molecule has 0 atom stereocenters. The van der Waals surface area contributed by atoms with E-state index in [-0.39, 0.29) is 34.6 Å². The topological polar surface area (TPSA) is 110 Å². The normalized spacial score (nSPS) is 10.5. The van der Waals surface area contributed by atoms with Gasteiger partial charge >= 0.3 is 11.9 Å². The van der Waals surface area contributed by atoms with Gasteiger partial charge in [-0.25, -0.2) is 9.59 Å². The van der Waals surface area contributed by atoms with E-state index in [1.54, 1.807) is 25.1 Å². The second-order valence-corrected chi connectivity index (χ2v) is 7.42. The molecule has 1 heterocycles. The molecule has 0 amide bonds. The molecule has 0 saturated heterocycles. The first-order valence-corrected chi connectivity index (χ1v) is 10.9. The molecule has 9 heteroatoms. The number of fused-ring (bicyclic) bond motifs is 1. The first-order valence-electron chi connectivity index (χ1n) is 10.9. The van der Waals surface area contributed by atoms with Crippen LogP contribution in [0.5, 0.6) is 28.7 Å². The lowest BCUT2D eigenvalue weighted by Gasteiger charge is -2.09. The minimum atomic E-state index is -0.639. The number of carbonyl (C=O) groups is 2. The zero-order valence-corrected chi connectivity index (χ0v) is 19.7. The van der Waals surface area contributed by atoms with E-state index in [0.717, 1.165) is 0 Å². The first-order chi connectivity index (χ1) is 17.4. The molecule has 1 aromatic heterocycles. The van der Waals surface area contributed by atoms with Gasteiger partial charge in [0.2, 0.25) is 11.2 Å². The average molecular weight is 490 g/mol. The molecule has 0 aliphatic heterocycles. The third-order valence-electron chi connectivity index (χ3n) is 5.11. The summed E-state index contributed by atoms with van der Waals surface area (Å²) in [4.78, 5) is 37.3. The van der Waals surface area contributed by atoms with Crippen molar-refractivity contribution in [1.29, 1.82) is 0 Å². The van der Waals surface area contributed by atoms with Gasteiger partial charge in [-0.15, -0.1) is 0 Å². The van der Waals surface area contributed by atoms with Crippen LogP contribution in [0.25, 0.3) is 11.0 Å². The van der Waals surface area contributed by atoms with Crippen molar-refractivity contribution in [2.75, 3.05) is 20.8 Å². The monoisotopic (exact) mass is 490 g/mol. The number of benzene rings is 3. The molecule has 4 rings (SSSR count). The maximum atomic E-state index is 12.9. The van der Waals surface area contributed by atoms with Gasteiger partial charge in [-0.2, -0.15) is 0 Å². The summed E-state index contributed by atoms with van der Waals surface area (Å²) < 4.78 is 31.9. The molecule has 0 N–H and O–H groups in total. The van der Waals surface area contributed by atoms with Crippen LogP contribution in [0.4, 0.5) is 0 Å². The fourth-order valence-corrected chi connectivity index (χ4v) is 3.32. The number of rotatable bonds is 8. The van der Waals surface area contributed by atoms with Crippen LogP contribution in [0.2, 0.25) is 0 Å². The van der Waals surface area contributed by atoms with Crippen LogP contribution in [-0.4, -0.2) is 32.8 Å². The standard InChI is InChI=1S/C27H22O9/c1-4-33-26(29)16-5-7-18(8-6-16)35-24-15-34-23-14-19(9-10-22(23)25(24)28)36-27(30)17-11-20(31-2)13-21(12-17)32-3/h5-15H,4H2,1-3H3. The minimum absolute atomic E-state index is 0.0420. The summed E-state index contributed by atoms with van der Waals surface area (Å²) in [6.07, 6.45) is 1.17. The van der Waals surface area contributed by atoms with E-state index in [1.165, 1.54) is 62.9 Å². The molecule has 0 aliphatic rings. The quantitative estimate of drug-likeness (QED) is 0.249. The van der Waals surface area contributed by atoms with Crippen molar-refractivity contribution in [1.82, 2.24) is 0 Å². The van der Waals surface area contributed by atoms with Crippen LogP contribution in [0, 0.1) is 0 Å². The fraction of sp³-hybridized carbons (Fsp3) is 0.148. The number of hydrogen-bond acceptors (Lipinski definition) is 9. The van der Waals surface area contributed by atoms with Gasteiger partial charge in [0.25, 0.3) is 0 Å². The summed E-state index contributed by atoms with van der Waals surface area (Å²) in [7, 11) is 2.96. The SMILES string of the molecule is CCOC(=O)c1ccc(Oc2coc3cc(OC(=O)c4cc(OC)cc(OC)c4)ccc3c2=O)cc1. The molecule has 0 saturated carbocycles. The molecule has 0 aliphatic carbocycles. The van der Waals surface area contributed by atoms with E-state index < -0.39 is 17.4 Å². The maximum absolute atomic E-state index is 12.9. The molecule has 0 fully saturated rings. The van der Waals surface area contributed by atoms with Gasteiger partial charge < -0.3 is 28.1 Å². The van der Waals surface area contributed by atoms with E-state index in [1.807, 2.05) is 0 Å². The lowest BCUT2D eigenvalue weighted by molar-refractivity contribution is 0.0526. The molecule has 184 valence electrons. The van der Waals surface area contributed by atoms with Crippen LogP contribution < -0.4 is 24.4 Å². The van der Waals surface area contributed by atoms with Crippen molar-refractivity contribution in [3.63, 3.8) is 0 Å². The highest BCUT2D eigenvalue weighted by atomic mass is 16.5. The molecule has 36 heavy (non-hydrogen) atoms. The van der Waals surface area contributed by atoms with Gasteiger partial charge in [0, 0.05) is 12.1 Å². The number of esters is 2. The predicted molar refractivity (Wildman–Crippen MR) is 129 cm³/mol. The Morgan fingerprint density at radius 1 is 0.778 bits per heavy atom. The summed E-state index contributed by atoms with van der Waals surface area (Å²) in [5, 5.41) is 0.235. The van der Waals surface area contributed by atoms with Crippen molar-refractivity contribution in [2.45, 2.75) is 6.92 Å². The molecule has 3 aromatic carbocycles. The van der Waals surface area contributed by atoms with E-state index in [9.17, 15) is 14.4 Å². The number of methoxy groups -OCH3 is 2. The second-order valence-electron chi connectivity index (χ2n) is 7.42. The molecule has 9 nitrogen and oxygen atoms in total. The number of carbonyl (C=O) groups excluding carboxylic acids is 2. The molecule has 4 aromatic rings. The van der Waals surface area contributed by atoms with Crippen LogP contribution in [0.1, 0.15) is 27.6 Å². The summed E-state index contributed by atoms with van der Waals surface area (Å²) in [5.41, 5.74) is 0.384. The fourth-order valence-electron chi connectivity index (χ4n) is 3.32. The minimum Gasteiger partial charge on any atom is -0.497 e. The zero-order valence-electron chi connectivity index (χ0n) is 19.7. The zero-order chi connectivity index (χ0) is 25.7. The summed E-state index contributed by atoms with van der Waals surface area (Å²) in [5.74, 6) is 0.272. The van der Waals surface area contributed by atoms with Gasteiger partial charge in [-0.3, -0.25) is 4.79 Å². The van der Waals surface area contributed by atoms with Gasteiger partial charge in [0.1, 0.15) is 34.8 Å². The van der Waals surface area contributed by atoms with E-state index in [2.05, 4.69) is 0 Å². The Kier molecular flexibility index (Phi) is 7.20. The Hall–Kier alpha value is -4.79. The molecule has 0 radical (unpaired) electrons. The van der Waals surface area contributed by atoms with Crippen LogP contribution in [-0.2, 0) is 4.74 Å². The largest absolute Gasteiger partial charge is 0.497 e. The Labute approximate surface area is 205 Å². The predicted octanol–water partition coefficient (Wildman–Crippen LogP) is 5.00. The molecular weight excluding hydrogens is 468 g/mol. The second kappa shape index (κ2) is 10.6. The van der Waals surface area contributed by atoms with E-state index >= 15 is 0 Å². The molecule has 0 unspecified atom stereocenters. The van der Waals surface area contributed by atoms with Crippen molar-refractivity contribution < 1.29 is 37.7 Å². The summed E-state index contributed by atoms with van der Waals surface area (Å²) in [6.45, 7) is 1.99. The Bertz CT molecular complexity index is 1450. The van der Waals surface area contributed by atoms with Crippen molar-refractivity contribution in [3.05, 3.63) is 88.3 Å². The Morgan fingerprint density at radius 2 is 1.44 bits per heavy atom. The number of hydrogen-bond donors (Lipinski definition) is 0. The van der Waals surface area contributed by atoms with Gasteiger partial charge in [-0.1, -0.05) is 0 Å².